The quantitative estimate of drug-likeness (QED) is 0.659. The predicted molar refractivity (Wildman–Crippen MR) is 113 cm³/mol. The predicted octanol–water partition coefficient (Wildman–Crippen LogP) is 4.97. The molecule has 1 aliphatic rings. The summed E-state index contributed by atoms with van der Waals surface area (Å²) in [6.07, 6.45) is 0.663. The monoisotopic (exact) mass is 478 g/mol. The molecular formula is C19H18Cl3FN2O3S. The summed E-state index contributed by atoms with van der Waals surface area (Å²) in [7, 11) is -3.77. The maximum Gasteiger partial charge on any atom is 0.227 e. The molecule has 0 aromatic heterocycles. The molecule has 2 aromatic carbocycles. The van der Waals surface area contributed by atoms with Gasteiger partial charge in [0.2, 0.25) is 15.9 Å². The fraction of sp³-hybridized carbons (Fsp3) is 0.316. The Bertz CT molecular complexity index is 985. The van der Waals surface area contributed by atoms with Gasteiger partial charge in [-0.05, 0) is 37.1 Å². The lowest BCUT2D eigenvalue weighted by atomic mass is 9.97. The highest BCUT2D eigenvalue weighted by atomic mass is 35.5. The number of para-hydroxylation sites is 1. The van der Waals surface area contributed by atoms with E-state index in [4.69, 9.17) is 34.8 Å². The van der Waals surface area contributed by atoms with E-state index in [1.165, 1.54) is 22.5 Å². The minimum atomic E-state index is -3.77. The maximum absolute atomic E-state index is 13.9. The van der Waals surface area contributed by atoms with Gasteiger partial charge in [-0.1, -0.05) is 46.9 Å². The van der Waals surface area contributed by atoms with Crippen LogP contribution in [0.15, 0.2) is 36.4 Å². The summed E-state index contributed by atoms with van der Waals surface area (Å²) in [5.74, 6) is -1.84. The van der Waals surface area contributed by atoms with E-state index in [0.717, 1.165) is 0 Å². The van der Waals surface area contributed by atoms with Crippen LogP contribution in [0.4, 0.5) is 10.1 Å². The second-order valence-electron chi connectivity index (χ2n) is 6.72. The molecule has 1 saturated heterocycles. The van der Waals surface area contributed by atoms with Crippen molar-refractivity contribution in [2.24, 2.45) is 5.92 Å². The number of carbonyl (C=O) groups is 1. The smallest absolute Gasteiger partial charge is 0.227 e. The highest BCUT2D eigenvalue weighted by Gasteiger charge is 2.32. The molecule has 0 unspecified atom stereocenters. The number of piperidine rings is 1. The van der Waals surface area contributed by atoms with Gasteiger partial charge in [0.25, 0.3) is 0 Å². The maximum atomic E-state index is 13.9. The molecule has 0 aliphatic carbocycles. The van der Waals surface area contributed by atoms with Gasteiger partial charge in [0, 0.05) is 29.6 Å². The number of rotatable bonds is 5. The number of benzene rings is 2. The molecule has 3 rings (SSSR count). The Balaban J connectivity index is 1.63. The van der Waals surface area contributed by atoms with Crippen LogP contribution in [0.5, 0.6) is 0 Å². The number of sulfonamides is 1. The summed E-state index contributed by atoms with van der Waals surface area (Å²) < 4.78 is 40.6. The summed E-state index contributed by atoms with van der Waals surface area (Å²) in [5, 5.41) is 3.44. The molecule has 10 heteroatoms. The van der Waals surface area contributed by atoms with Crippen LogP contribution < -0.4 is 5.32 Å². The molecule has 1 heterocycles. The molecule has 0 bridgehead atoms. The van der Waals surface area contributed by atoms with E-state index in [2.05, 4.69) is 5.32 Å². The fourth-order valence-corrected chi connectivity index (χ4v) is 5.59. The van der Waals surface area contributed by atoms with E-state index in [-0.39, 0.29) is 35.5 Å². The van der Waals surface area contributed by atoms with Gasteiger partial charge in [-0.25, -0.2) is 17.1 Å². The first-order valence-electron chi connectivity index (χ1n) is 8.84. The molecule has 0 spiro atoms. The molecule has 1 N–H and O–H groups in total. The van der Waals surface area contributed by atoms with Crippen LogP contribution in [0.3, 0.4) is 0 Å². The fourth-order valence-electron chi connectivity index (χ4n) is 3.18. The highest BCUT2D eigenvalue weighted by molar-refractivity contribution is 7.88. The number of nitrogens with zero attached hydrogens (tertiary/aromatic N) is 1. The number of hydrogen-bond donors (Lipinski definition) is 1. The van der Waals surface area contributed by atoms with E-state index in [0.29, 0.717) is 28.6 Å². The molecule has 0 atom stereocenters. The summed E-state index contributed by atoms with van der Waals surface area (Å²) in [6, 6.07) is 8.95. The molecule has 1 amide bonds. The SMILES string of the molecule is O=C(Nc1c(Cl)cccc1Cl)C1CCN(S(=O)(=O)Cc2c(F)cccc2Cl)CC1. The van der Waals surface area contributed by atoms with Gasteiger partial charge in [-0.2, -0.15) is 0 Å². The third-order valence-corrected chi connectivity index (χ3v) is 7.61. The van der Waals surface area contributed by atoms with E-state index in [9.17, 15) is 17.6 Å². The van der Waals surface area contributed by atoms with Gasteiger partial charge in [-0.15, -0.1) is 0 Å². The molecule has 0 radical (unpaired) electrons. The van der Waals surface area contributed by atoms with Crippen molar-refractivity contribution in [3.63, 3.8) is 0 Å². The molecule has 1 fully saturated rings. The van der Waals surface area contributed by atoms with Crippen LogP contribution in [-0.2, 0) is 20.6 Å². The van der Waals surface area contributed by atoms with Gasteiger partial charge < -0.3 is 5.32 Å². The average Bonchev–Trinajstić information content (AvgIpc) is 2.68. The first-order valence-corrected chi connectivity index (χ1v) is 11.6. The van der Waals surface area contributed by atoms with Gasteiger partial charge >= 0.3 is 0 Å². The standard InChI is InChI=1S/C19H18Cl3FN2O3S/c20-14-3-2-6-17(23)13(14)11-29(27,28)25-9-7-12(8-10-25)19(26)24-18-15(21)4-1-5-16(18)22/h1-6,12H,7-11H2,(H,24,26). The van der Waals surface area contributed by atoms with Crippen LogP contribution in [0.25, 0.3) is 0 Å². The Hall–Kier alpha value is -1.38. The van der Waals surface area contributed by atoms with E-state index in [1.54, 1.807) is 18.2 Å². The molecule has 2 aromatic rings. The topological polar surface area (TPSA) is 66.5 Å². The number of halogens is 4. The minimum Gasteiger partial charge on any atom is -0.323 e. The van der Waals surface area contributed by atoms with Crippen LogP contribution in [0.1, 0.15) is 18.4 Å². The van der Waals surface area contributed by atoms with Crippen molar-refractivity contribution in [2.45, 2.75) is 18.6 Å². The number of amides is 1. The van der Waals surface area contributed by atoms with Gasteiger partial charge in [-0.3, -0.25) is 4.79 Å². The summed E-state index contributed by atoms with van der Waals surface area (Å²) in [6.45, 7) is 0.311. The lowest BCUT2D eigenvalue weighted by Crippen LogP contribution is -2.42. The van der Waals surface area contributed by atoms with Crippen molar-refractivity contribution in [3.05, 3.63) is 62.8 Å². The van der Waals surface area contributed by atoms with Gasteiger partial charge in [0.05, 0.1) is 21.5 Å². The lowest BCUT2D eigenvalue weighted by Gasteiger charge is -2.30. The van der Waals surface area contributed by atoms with Crippen molar-refractivity contribution < 1.29 is 17.6 Å². The zero-order chi connectivity index (χ0) is 21.2. The summed E-state index contributed by atoms with van der Waals surface area (Å²) in [4.78, 5) is 12.5. The number of hydrogen-bond acceptors (Lipinski definition) is 3. The number of nitrogens with one attached hydrogen (secondary N) is 1. The van der Waals surface area contributed by atoms with Crippen molar-refractivity contribution in [2.75, 3.05) is 18.4 Å². The first kappa shape index (κ1) is 22.3. The molecular weight excluding hydrogens is 462 g/mol. The molecule has 5 nitrogen and oxygen atoms in total. The van der Waals surface area contributed by atoms with E-state index < -0.39 is 21.6 Å². The normalized spacial score (nSPS) is 16.0. The van der Waals surface area contributed by atoms with Crippen LogP contribution in [0.2, 0.25) is 15.1 Å². The van der Waals surface area contributed by atoms with Gasteiger partial charge in [0.15, 0.2) is 0 Å². The molecule has 156 valence electrons. The molecule has 0 saturated carbocycles. The van der Waals surface area contributed by atoms with Crippen LogP contribution >= 0.6 is 34.8 Å². The van der Waals surface area contributed by atoms with Crippen molar-refractivity contribution in [1.82, 2.24) is 4.31 Å². The van der Waals surface area contributed by atoms with E-state index in [1.807, 2.05) is 0 Å². The minimum absolute atomic E-state index is 0.0533. The number of carbonyl (C=O) groups excluding carboxylic acids is 1. The molecule has 29 heavy (non-hydrogen) atoms. The summed E-state index contributed by atoms with van der Waals surface area (Å²) in [5.41, 5.74) is 0.285. The second kappa shape index (κ2) is 9.18. The molecule has 1 aliphatic heterocycles. The Morgan fingerprint density at radius 2 is 1.59 bits per heavy atom. The highest BCUT2D eigenvalue weighted by Crippen LogP contribution is 2.31. The van der Waals surface area contributed by atoms with Crippen molar-refractivity contribution in [1.29, 1.82) is 0 Å². The van der Waals surface area contributed by atoms with Gasteiger partial charge in [0.1, 0.15) is 5.82 Å². The number of anilines is 1. The largest absolute Gasteiger partial charge is 0.323 e. The Morgan fingerprint density at radius 3 is 2.17 bits per heavy atom. The zero-order valence-electron chi connectivity index (χ0n) is 15.2. The zero-order valence-corrected chi connectivity index (χ0v) is 18.3. The van der Waals surface area contributed by atoms with Crippen molar-refractivity contribution in [3.8, 4) is 0 Å². The Kier molecular flexibility index (Phi) is 7.06. The lowest BCUT2D eigenvalue weighted by molar-refractivity contribution is -0.120. The third-order valence-electron chi connectivity index (χ3n) is 4.82. The van der Waals surface area contributed by atoms with E-state index >= 15 is 0 Å². The second-order valence-corrected chi connectivity index (χ2v) is 9.91. The van der Waals surface area contributed by atoms with Crippen molar-refractivity contribution >= 4 is 56.4 Å². The summed E-state index contributed by atoms with van der Waals surface area (Å²) >= 11 is 18.1. The third kappa shape index (κ3) is 5.22. The Morgan fingerprint density at radius 1 is 1.03 bits per heavy atom. The average molecular weight is 480 g/mol. The Labute approximate surface area is 183 Å². The van der Waals surface area contributed by atoms with Crippen LogP contribution in [0, 0.1) is 11.7 Å². The van der Waals surface area contributed by atoms with Crippen LogP contribution in [-0.4, -0.2) is 31.7 Å². The first-order chi connectivity index (χ1) is 13.7.